The van der Waals surface area contributed by atoms with Gasteiger partial charge in [-0.05, 0) is 12.0 Å². The minimum atomic E-state index is -0.959. The molecule has 0 saturated heterocycles. The van der Waals surface area contributed by atoms with Crippen LogP contribution in [0.3, 0.4) is 0 Å². The molecule has 0 radical (unpaired) electrons. The van der Waals surface area contributed by atoms with Crippen LogP contribution in [-0.4, -0.2) is 22.3 Å². The molecular formula is C9H13N2NaO4. The first-order chi connectivity index (χ1) is 7.11. The Morgan fingerprint density at radius 1 is 1.44 bits per heavy atom. The van der Waals surface area contributed by atoms with Crippen molar-refractivity contribution in [3.8, 4) is 0 Å². The molecule has 1 aromatic carbocycles. The van der Waals surface area contributed by atoms with E-state index in [1.807, 2.05) is 30.3 Å². The van der Waals surface area contributed by atoms with Gasteiger partial charge in [0, 0.05) is 0 Å². The van der Waals surface area contributed by atoms with Crippen LogP contribution in [0, 0.1) is 4.91 Å². The third kappa shape index (κ3) is 8.37. The average Bonchev–Trinajstić information content (AvgIpc) is 2.20. The molecule has 0 amide bonds. The molecule has 0 saturated carbocycles. The second-order valence-electron chi connectivity index (χ2n) is 2.72. The number of nitrogens with two attached hydrogens (primary N) is 1. The van der Waals surface area contributed by atoms with E-state index in [0.29, 0.717) is 6.42 Å². The van der Waals surface area contributed by atoms with Gasteiger partial charge in [-0.25, -0.2) is 0 Å². The van der Waals surface area contributed by atoms with Gasteiger partial charge < -0.3 is 17.5 Å². The van der Waals surface area contributed by atoms with Gasteiger partial charge in [0.1, 0.15) is 6.04 Å². The minimum absolute atomic E-state index is 0. The summed E-state index contributed by atoms with van der Waals surface area (Å²) < 4.78 is 0. The summed E-state index contributed by atoms with van der Waals surface area (Å²) >= 11 is 0. The smallest absolute Gasteiger partial charge is 1.00 e. The molecule has 0 unspecified atom stereocenters. The summed E-state index contributed by atoms with van der Waals surface area (Å²) in [5, 5.41) is 16.4. The Balaban J connectivity index is -0.000000356. The third-order valence-electron chi connectivity index (χ3n) is 1.62. The molecule has 6 nitrogen and oxygen atoms in total. The molecule has 0 spiro atoms. The van der Waals surface area contributed by atoms with Gasteiger partial charge in [0.05, 0.1) is 0 Å². The standard InChI is InChI=1S/C9H11NO2.HNO2.Na.H/c10-8(9(11)12)6-7-4-2-1-3-5-7;2-1-3;;/h1-5,8H,6,10H2,(H,11,12);(H,2,3);;/q;;+1;-1/t8-;;;/m0.../s1. The number of hydrogen-bond donors (Lipinski definition) is 3. The molecule has 1 atom stereocenters. The maximum Gasteiger partial charge on any atom is 1.00 e. The molecule has 0 aliphatic rings. The Morgan fingerprint density at radius 3 is 2.25 bits per heavy atom. The van der Waals surface area contributed by atoms with E-state index in [1.54, 1.807) is 0 Å². The third-order valence-corrected chi connectivity index (χ3v) is 1.62. The fourth-order valence-corrected chi connectivity index (χ4v) is 0.955. The fourth-order valence-electron chi connectivity index (χ4n) is 0.955. The predicted molar refractivity (Wildman–Crippen MR) is 54.5 cm³/mol. The molecule has 16 heavy (non-hydrogen) atoms. The van der Waals surface area contributed by atoms with Crippen LogP contribution in [0.1, 0.15) is 6.99 Å². The van der Waals surface area contributed by atoms with Gasteiger partial charge in [-0.15, -0.1) is 4.91 Å². The number of carboxylic acids is 1. The normalized spacial score (nSPS) is 10.1. The number of aliphatic carboxylic acids is 1. The topological polar surface area (TPSA) is 113 Å². The van der Waals surface area contributed by atoms with Crippen LogP contribution in [0.15, 0.2) is 35.7 Å². The molecule has 0 aliphatic carbocycles. The zero-order valence-electron chi connectivity index (χ0n) is 9.91. The predicted octanol–water partition coefficient (Wildman–Crippen LogP) is -2.10. The van der Waals surface area contributed by atoms with Crippen LogP contribution in [0.25, 0.3) is 0 Å². The summed E-state index contributed by atoms with van der Waals surface area (Å²) in [6.07, 6.45) is 0.385. The van der Waals surface area contributed by atoms with Gasteiger partial charge in [0.2, 0.25) is 0 Å². The van der Waals surface area contributed by atoms with Crippen LogP contribution in [0.4, 0.5) is 0 Å². The Labute approximate surface area is 116 Å². The monoisotopic (exact) mass is 236 g/mol. The van der Waals surface area contributed by atoms with Crippen molar-refractivity contribution in [3.05, 3.63) is 40.8 Å². The van der Waals surface area contributed by atoms with Crippen molar-refractivity contribution in [2.75, 3.05) is 0 Å². The Morgan fingerprint density at radius 2 is 1.88 bits per heavy atom. The second kappa shape index (κ2) is 10.6. The van der Waals surface area contributed by atoms with Gasteiger partial charge in [0.15, 0.2) is 5.34 Å². The van der Waals surface area contributed by atoms with E-state index in [4.69, 9.17) is 21.0 Å². The minimum Gasteiger partial charge on any atom is -1.00 e. The van der Waals surface area contributed by atoms with Crippen molar-refractivity contribution in [1.82, 2.24) is 0 Å². The number of hydrogen-bond acceptors (Lipinski definition) is 4. The van der Waals surface area contributed by atoms with Gasteiger partial charge in [-0.1, -0.05) is 30.3 Å². The number of benzene rings is 1. The van der Waals surface area contributed by atoms with Gasteiger partial charge in [0.25, 0.3) is 0 Å². The average molecular weight is 236 g/mol. The summed E-state index contributed by atoms with van der Waals surface area (Å²) in [7, 11) is 0. The maximum absolute atomic E-state index is 10.4. The van der Waals surface area contributed by atoms with Crippen molar-refractivity contribution in [2.24, 2.45) is 11.1 Å². The van der Waals surface area contributed by atoms with Crippen LogP contribution in [0.2, 0.25) is 0 Å². The van der Waals surface area contributed by atoms with Crippen LogP contribution in [0.5, 0.6) is 0 Å². The van der Waals surface area contributed by atoms with Crippen molar-refractivity contribution in [3.63, 3.8) is 0 Å². The van der Waals surface area contributed by atoms with Gasteiger partial charge in [-0.2, -0.15) is 0 Å². The molecule has 0 aliphatic heterocycles. The number of rotatable bonds is 3. The SMILES string of the molecule is N[C@@H](Cc1ccccc1)C(=O)O.O=NO.[H-].[Na+]. The molecule has 84 valence electrons. The fraction of sp³-hybridized carbons (Fsp3) is 0.222. The summed E-state index contributed by atoms with van der Waals surface area (Å²) in [5.74, 6) is -0.959. The van der Waals surface area contributed by atoms with Gasteiger partial charge >= 0.3 is 35.5 Å². The summed E-state index contributed by atoms with van der Waals surface area (Å²) in [5.41, 5.74) is 6.30. The molecular weight excluding hydrogens is 223 g/mol. The molecule has 7 heteroatoms. The molecule has 0 fully saturated rings. The van der Waals surface area contributed by atoms with Crippen molar-refractivity contribution < 1.29 is 46.1 Å². The van der Waals surface area contributed by atoms with Crippen molar-refractivity contribution in [2.45, 2.75) is 12.5 Å². The van der Waals surface area contributed by atoms with Gasteiger partial charge in [-0.3, -0.25) is 4.79 Å². The van der Waals surface area contributed by atoms with E-state index >= 15 is 0 Å². The van der Waals surface area contributed by atoms with E-state index in [-0.39, 0.29) is 31.0 Å². The first-order valence-corrected chi connectivity index (χ1v) is 4.10. The van der Waals surface area contributed by atoms with E-state index in [0.717, 1.165) is 5.56 Å². The molecule has 0 aromatic heterocycles. The zero-order chi connectivity index (χ0) is 11.7. The van der Waals surface area contributed by atoms with E-state index in [2.05, 4.69) is 0 Å². The summed E-state index contributed by atoms with van der Waals surface area (Å²) in [6.45, 7) is 0. The van der Waals surface area contributed by atoms with E-state index < -0.39 is 12.0 Å². The van der Waals surface area contributed by atoms with E-state index in [1.165, 1.54) is 5.34 Å². The Kier molecular flexibility index (Phi) is 11.5. The maximum atomic E-state index is 10.4. The molecule has 0 heterocycles. The second-order valence-corrected chi connectivity index (χ2v) is 2.72. The molecule has 1 aromatic rings. The van der Waals surface area contributed by atoms with Crippen molar-refractivity contribution >= 4 is 5.97 Å². The Bertz CT molecular complexity index is 313. The number of nitrogens with zero attached hydrogens (tertiary/aromatic N) is 1. The zero-order valence-corrected chi connectivity index (χ0v) is 10.9. The first-order valence-electron chi connectivity index (χ1n) is 4.10. The van der Waals surface area contributed by atoms with E-state index in [9.17, 15) is 4.79 Å². The largest absolute Gasteiger partial charge is 1.00 e. The van der Waals surface area contributed by atoms with Crippen LogP contribution in [-0.2, 0) is 11.2 Å². The first kappa shape index (κ1) is 17.4. The molecule has 1 rings (SSSR count). The quantitative estimate of drug-likeness (QED) is 0.316. The number of carboxylic acid groups (broad SMARTS) is 1. The Hall–Kier alpha value is -0.950. The van der Waals surface area contributed by atoms with Crippen LogP contribution < -0.4 is 35.3 Å². The molecule has 4 N–H and O–H groups in total. The van der Waals surface area contributed by atoms with Crippen LogP contribution >= 0.6 is 0 Å². The molecule has 0 bridgehead atoms. The van der Waals surface area contributed by atoms with Crippen molar-refractivity contribution in [1.29, 1.82) is 0 Å². The summed E-state index contributed by atoms with van der Waals surface area (Å²) in [4.78, 5) is 18.5. The number of carbonyl (C=O) groups is 1. The summed E-state index contributed by atoms with van der Waals surface area (Å²) in [6, 6.07) is 8.54.